The molecule has 0 radical (unpaired) electrons. The lowest BCUT2D eigenvalue weighted by atomic mass is 9.98. The van der Waals surface area contributed by atoms with Gasteiger partial charge in [-0.25, -0.2) is 4.79 Å². The van der Waals surface area contributed by atoms with Crippen molar-refractivity contribution >= 4 is 40.7 Å². The van der Waals surface area contributed by atoms with Gasteiger partial charge >= 0.3 is 6.09 Å². The van der Waals surface area contributed by atoms with Gasteiger partial charge in [0.25, 0.3) is 0 Å². The number of hydrogen-bond acceptors (Lipinski definition) is 7. The largest absolute Gasteiger partial charge is 0.493 e. The third-order valence-electron chi connectivity index (χ3n) is 4.61. The number of rotatable bonds is 8. The first kappa shape index (κ1) is 24.5. The molecule has 1 amide bonds. The van der Waals surface area contributed by atoms with Crippen molar-refractivity contribution < 1.29 is 33.6 Å². The van der Waals surface area contributed by atoms with Crippen LogP contribution in [-0.2, 0) is 0 Å². The zero-order chi connectivity index (χ0) is 22.5. The standard InChI is InChI=1S/C22H22N2O7.ClH/c1-5-31-16-7-6-13-14(19(16)24-22(26)27)10-23-11-15(13)20(25)12-8-17(28-2)21(30-4)18(9-12)29-3;/h6-11,24H,5H2,1-4H3,(H,26,27);1H. The van der Waals surface area contributed by atoms with E-state index in [1.165, 1.54) is 33.7 Å². The molecule has 2 aromatic carbocycles. The average Bonchev–Trinajstić information content (AvgIpc) is 2.78. The smallest absolute Gasteiger partial charge is 0.409 e. The van der Waals surface area contributed by atoms with Crippen molar-refractivity contribution in [1.29, 1.82) is 0 Å². The summed E-state index contributed by atoms with van der Waals surface area (Å²) in [5.74, 6) is 1.04. The van der Waals surface area contributed by atoms with Crippen LogP contribution in [0.2, 0.25) is 0 Å². The molecule has 0 saturated heterocycles. The zero-order valence-corrected chi connectivity index (χ0v) is 18.7. The normalized spacial score (nSPS) is 10.1. The number of carbonyl (C=O) groups excluding carboxylic acids is 1. The molecule has 3 aromatic rings. The van der Waals surface area contributed by atoms with Crippen molar-refractivity contribution in [2.75, 3.05) is 33.3 Å². The van der Waals surface area contributed by atoms with Gasteiger partial charge in [-0.1, -0.05) is 0 Å². The molecule has 0 aliphatic rings. The maximum atomic E-state index is 13.4. The molecule has 9 nitrogen and oxygen atoms in total. The number of nitrogens with one attached hydrogen (secondary N) is 1. The quantitative estimate of drug-likeness (QED) is 0.473. The van der Waals surface area contributed by atoms with Crippen LogP contribution in [0.4, 0.5) is 10.5 Å². The number of carboxylic acid groups (broad SMARTS) is 1. The number of fused-ring (bicyclic) bond motifs is 1. The lowest BCUT2D eigenvalue weighted by molar-refractivity contribution is 0.103. The number of anilines is 1. The Balaban J connectivity index is 0.00000363. The molecule has 0 unspecified atom stereocenters. The summed E-state index contributed by atoms with van der Waals surface area (Å²) >= 11 is 0. The zero-order valence-electron chi connectivity index (χ0n) is 17.9. The number of aromatic nitrogens is 1. The molecular formula is C22H23ClN2O7. The van der Waals surface area contributed by atoms with Gasteiger partial charge in [0, 0.05) is 28.9 Å². The van der Waals surface area contributed by atoms with E-state index >= 15 is 0 Å². The fraction of sp³-hybridized carbons (Fsp3) is 0.227. The maximum Gasteiger partial charge on any atom is 0.409 e. The number of halogens is 1. The molecular weight excluding hydrogens is 440 g/mol. The van der Waals surface area contributed by atoms with Gasteiger partial charge < -0.3 is 24.1 Å². The van der Waals surface area contributed by atoms with Gasteiger partial charge in [0.2, 0.25) is 5.75 Å². The van der Waals surface area contributed by atoms with Crippen LogP contribution in [-0.4, -0.2) is 49.9 Å². The number of hydrogen-bond donors (Lipinski definition) is 2. The van der Waals surface area contributed by atoms with Gasteiger partial charge in [0.05, 0.1) is 33.6 Å². The number of methoxy groups -OCH3 is 3. The van der Waals surface area contributed by atoms with Gasteiger partial charge in [-0.05, 0) is 36.6 Å². The third kappa shape index (κ3) is 4.62. The fourth-order valence-corrected chi connectivity index (χ4v) is 3.28. The molecule has 32 heavy (non-hydrogen) atoms. The van der Waals surface area contributed by atoms with Gasteiger partial charge in [0.1, 0.15) is 5.75 Å². The lowest BCUT2D eigenvalue weighted by Gasteiger charge is -2.16. The first-order valence-electron chi connectivity index (χ1n) is 9.33. The second-order valence-electron chi connectivity index (χ2n) is 6.33. The second kappa shape index (κ2) is 10.5. The number of carbonyl (C=O) groups is 2. The van der Waals surface area contributed by atoms with E-state index in [4.69, 9.17) is 18.9 Å². The number of ether oxygens (including phenoxy) is 4. The van der Waals surface area contributed by atoms with Crippen LogP contribution in [0.1, 0.15) is 22.8 Å². The number of nitrogens with zero attached hydrogens (tertiary/aromatic N) is 1. The molecule has 10 heteroatoms. The fourth-order valence-electron chi connectivity index (χ4n) is 3.28. The molecule has 2 N–H and O–H groups in total. The Labute approximate surface area is 190 Å². The van der Waals surface area contributed by atoms with Gasteiger partial charge in [0.15, 0.2) is 17.3 Å². The summed E-state index contributed by atoms with van der Waals surface area (Å²) in [5, 5.41) is 12.5. The molecule has 0 aliphatic heterocycles. The van der Waals surface area contributed by atoms with Gasteiger partial charge in [-0.15, -0.1) is 12.4 Å². The van der Waals surface area contributed by atoms with Crippen molar-refractivity contribution in [3.63, 3.8) is 0 Å². The van der Waals surface area contributed by atoms with Crippen LogP contribution in [0.15, 0.2) is 36.7 Å². The second-order valence-corrected chi connectivity index (χ2v) is 6.33. The van der Waals surface area contributed by atoms with Crippen molar-refractivity contribution in [2.24, 2.45) is 0 Å². The van der Waals surface area contributed by atoms with Gasteiger partial charge in [-0.3, -0.25) is 15.1 Å². The van der Waals surface area contributed by atoms with E-state index in [0.29, 0.717) is 45.9 Å². The number of amides is 1. The molecule has 0 spiro atoms. The summed E-state index contributed by atoms with van der Waals surface area (Å²) in [6.07, 6.45) is 1.66. The summed E-state index contributed by atoms with van der Waals surface area (Å²) in [6, 6.07) is 6.41. The van der Waals surface area contributed by atoms with Crippen LogP contribution in [0, 0.1) is 0 Å². The minimum atomic E-state index is -1.25. The van der Waals surface area contributed by atoms with E-state index in [1.54, 1.807) is 31.2 Å². The first-order chi connectivity index (χ1) is 14.9. The van der Waals surface area contributed by atoms with Crippen molar-refractivity contribution in [1.82, 2.24) is 4.98 Å². The Kier molecular flexibility index (Phi) is 8.09. The van der Waals surface area contributed by atoms with E-state index in [0.717, 1.165) is 0 Å². The number of pyridine rings is 1. The Bertz CT molecular complexity index is 1130. The van der Waals surface area contributed by atoms with Crippen molar-refractivity contribution in [3.05, 3.63) is 47.8 Å². The summed E-state index contributed by atoms with van der Waals surface area (Å²) in [5.41, 5.74) is 0.799. The van der Waals surface area contributed by atoms with Crippen LogP contribution < -0.4 is 24.3 Å². The van der Waals surface area contributed by atoms with Crippen molar-refractivity contribution in [3.8, 4) is 23.0 Å². The Morgan fingerprint density at radius 3 is 2.16 bits per heavy atom. The summed E-state index contributed by atoms with van der Waals surface area (Å²) in [6.45, 7) is 2.13. The highest BCUT2D eigenvalue weighted by atomic mass is 35.5. The highest BCUT2D eigenvalue weighted by Crippen LogP contribution is 2.40. The maximum absolute atomic E-state index is 13.4. The molecule has 170 valence electrons. The number of benzene rings is 2. The summed E-state index contributed by atoms with van der Waals surface area (Å²) in [4.78, 5) is 28.8. The molecule has 1 aromatic heterocycles. The van der Waals surface area contributed by atoms with Crippen LogP contribution in [0.25, 0.3) is 10.8 Å². The summed E-state index contributed by atoms with van der Waals surface area (Å²) < 4.78 is 21.5. The topological polar surface area (TPSA) is 116 Å². The minimum absolute atomic E-state index is 0. The average molecular weight is 463 g/mol. The van der Waals surface area contributed by atoms with Crippen molar-refractivity contribution in [2.45, 2.75) is 6.92 Å². The highest BCUT2D eigenvalue weighted by molar-refractivity contribution is 6.18. The predicted molar refractivity (Wildman–Crippen MR) is 121 cm³/mol. The van der Waals surface area contributed by atoms with E-state index in [-0.39, 0.29) is 29.4 Å². The third-order valence-corrected chi connectivity index (χ3v) is 4.61. The minimum Gasteiger partial charge on any atom is -0.493 e. The molecule has 0 saturated carbocycles. The van der Waals surface area contributed by atoms with E-state index < -0.39 is 6.09 Å². The molecule has 0 bridgehead atoms. The Morgan fingerprint density at radius 2 is 1.62 bits per heavy atom. The first-order valence-corrected chi connectivity index (χ1v) is 9.33. The Morgan fingerprint density at radius 1 is 0.969 bits per heavy atom. The lowest BCUT2D eigenvalue weighted by Crippen LogP contribution is -2.11. The van der Waals surface area contributed by atoms with E-state index in [2.05, 4.69) is 10.3 Å². The molecule has 3 rings (SSSR count). The highest BCUT2D eigenvalue weighted by Gasteiger charge is 2.21. The monoisotopic (exact) mass is 462 g/mol. The van der Waals surface area contributed by atoms with Crippen LogP contribution >= 0.6 is 12.4 Å². The number of ketones is 1. The Hall–Kier alpha value is -3.72. The summed E-state index contributed by atoms with van der Waals surface area (Å²) in [7, 11) is 4.40. The van der Waals surface area contributed by atoms with Crippen LogP contribution in [0.3, 0.4) is 0 Å². The molecule has 0 aliphatic carbocycles. The van der Waals surface area contributed by atoms with E-state index in [9.17, 15) is 14.7 Å². The molecule has 0 fully saturated rings. The predicted octanol–water partition coefficient (Wildman–Crippen LogP) is 4.40. The SMILES string of the molecule is CCOc1ccc2c(C(=O)c3cc(OC)c(OC)c(OC)c3)cncc2c1NC(=O)O.Cl. The van der Waals surface area contributed by atoms with Crippen LogP contribution in [0.5, 0.6) is 23.0 Å². The van der Waals surface area contributed by atoms with Gasteiger partial charge in [-0.2, -0.15) is 0 Å². The van der Waals surface area contributed by atoms with E-state index in [1.807, 2.05) is 0 Å². The molecule has 1 heterocycles. The molecule has 0 atom stereocenters.